The molecule has 0 aromatic heterocycles. The normalized spacial score (nSPS) is 10.5. The van der Waals surface area contributed by atoms with Crippen molar-refractivity contribution in [3.05, 3.63) is 48.5 Å². The minimum Gasteiger partial charge on any atom is -0.497 e. The van der Waals surface area contributed by atoms with Gasteiger partial charge in [0.25, 0.3) is 0 Å². The predicted octanol–water partition coefficient (Wildman–Crippen LogP) is 4.54. The minimum atomic E-state index is 0.713. The largest absolute Gasteiger partial charge is 0.497 e. The quantitative estimate of drug-likeness (QED) is 0.690. The van der Waals surface area contributed by atoms with Crippen LogP contribution in [-0.4, -0.2) is 28.4 Å². The van der Waals surface area contributed by atoms with Crippen LogP contribution in [0.5, 0.6) is 23.0 Å². The van der Waals surface area contributed by atoms with Crippen LogP contribution in [0, 0.1) is 0 Å². The Hall–Kier alpha value is -2.88. The van der Waals surface area contributed by atoms with E-state index in [1.807, 2.05) is 48.5 Å². The van der Waals surface area contributed by atoms with Crippen LogP contribution < -0.4 is 18.9 Å². The molecule has 0 aliphatic heterocycles. The molecule has 0 atom stereocenters. The summed E-state index contributed by atoms with van der Waals surface area (Å²) in [5.41, 5.74) is 1.83. The molecule has 0 saturated heterocycles. The highest BCUT2D eigenvalue weighted by molar-refractivity contribution is 6.00. The van der Waals surface area contributed by atoms with Gasteiger partial charge in [0.15, 0.2) is 0 Å². The number of hydrogen-bond acceptors (Lipinski definition) is 4. The van der Waals surface area contributed by atoms with Crippen molar-refractivity contribution >= 4 is 10.8 Å². The number of ether oxygens (including phenoxy) is 4. The molecule has 24 heavy (non-hydrogen) atoms. The molecule has 3 aromatic carbocycles. The fourth-order valence-electron chi connectivity index (χ4n) is 2.93. The van der Waals surface area contributed by atoms with Crippen molar-refractivity contribution in [3.8, 4) is 34.1 Å². The maximum Gasteiger partial charge on any atom is 0.134 e. The van der Waals surface area contributed by atoms with Crippen molar-refractivity contribution in [2.45, 2.75) is 0 Å². The zero-order valence-corrected chi connectivity index (χ0v) is 14.3. The molecule has 3 rings (SSSR count). The fourth-order valence-corrected chi connectivity index (χ4v) is 2.93. The van der Waals surface area contributed by atoms with Crippen LogP contribution in [0.3, 0.4) is 0 Å². The molecule has 0 amide bonds. The molecule has 0 unspecified atom stereocenters. The lowest BCUT2D eigenvalue weighted by Gasteiger charge is -2.17. The highest BCUT2D eigenvalue weighted by Gasteiger charge is 2.18. The molecule has 3 aromatic rings. The van der Waals surface area contributed by atoms with Crippen LogP contribution in [0.1, 0.15) is 0 Å². The first-order valence-electron chi connectivity index (χ1n) is 7.59. The van der Waals surface area contributed by atoms with Crippen molar-refractivity contribution < 1.29 is 18.9 Å². The highest BCUT2D eigenvalue weighted by Crippen LogP contribution is 2.45. The van der Waals surface area contributed by atoms with Gasteiger partial charge in [0.05, 0.1) is 28.4 Å². The summed E-state index contributed by atoms with van der Waals surface area (Å²) in [5.74, 6) is 3.03. The van der Waals surface area contributed by atoms with Crippen LogP contribution in [0.25, 0.3) is 21.9 Å². The van der Waals surface area contributed by atoms with Crippen LogP contribution in [0.4, 0.5) is 0 Å². The lowest BCUT2D eigenvalue weighted by molar-refractivity contribution is 0.394. The van der Waals surface area contributed by atoms with E-state index < -0.39 is 0 Å². The van der Waals surface area contributed by atoms with E-state index in [2.05, 4.69) is 0 Å². The second kappa shape index (κ2) is 6.71. The third kappa shape index (κ3) is 2.60. The van der Waals surface area contributed by atoms with Gasteiger partial charge in [0.2, 0.25) is 0 Å². The van der Waals surface area contributed by atoms with E-state index in [0.29, 0.717) is 5.75 Å². The number of rotatable bonds is 5. The molecule has 0 spiro atoms. The van der Waals surface area contributed by atoms with E-state index in [9.17, 15) is 0 Å². The molecule has 124 valence electrons. The summed E-state index contributed by atoms with van der Waals surface area (Å²) in [6, 6.07) is 15.7. The zero-order valence-electron chi connectivity index (χ0n) is 14.3. The lowest BCUT2D eigenvalue weighted by Crippen LogP contribution is -1.96. The van der Waals surface area contributed by atoms with Gasteiger partial charge >= 0.3 is 0 Å². The van der Waals surface area contributed by atoms with Crippen molar-refractivity contribution in [1.82, 2.24) is 0 Å². The number of hydrogen-bond donors (Lipinski definition) is 0. The second-order valence-corrected chi connectivity index (χ2v) is 5.27. The lowest BCUT2D eigenvalue weighted by atomic mass is 9.97. The predicted molar refractivity (Wildman–Crippen MR) is 95.6 cm³/mol. The van der Waals surface area contributed by atoms with Crippen LogP contribution in [0.15, 0.2) is 48.5 Å². The molecule has 4 nitrogen and oxygen atoms in total. The van der Waals surface area contributed by atoms with Gasteiger partial charge in [0.1, 0.15) is 23.0 Å². The summed E-state index contributed by atoms with van der Waals surface area (Å²) in [6.45, 7) is 0. The van der Waals surface area contributed by atoms with E-state index in [4.69, 9.17) is 18.9 Å². The molecule has 0 heterocycles. The Balaban J connectivity index is 2.34. The molecule has 4 heteroatoms. The van der Waals surface area contributed by atoms with Gasteiger partial charge < -0.3 is 18.9 Å². The van der Waals surface area contributed by atoms with Crippen molar-refractivity contribution in [1.29, 1.82) is 0 Å². The average Bonchev–Trinajstić information content (AvgIpc) is 2.66. The van der Waals surface area contributed by atoms with Crippen LogP contribution in [-0.2, 0) is 0 Å². The Labute approximate surface area is 141 Å². The molecule has 0 N–H and O–H groups in total. The van der Waals surface area contributed by atoms with Gasteiger partial charge in [-0.3, -0.25) is 0 Å². The van der Waals surface area contributed by atoms with Gasteiger partial charge in [-0.05, 0) is 18.2 Å². The van der Waals surface area contributed by atoms with E-state index in [0.717, 1.165) is 39.1 Å². The number of methoxy groups -OCH3 is 4. The third-order valence-electron chi connectivity index (χ3n) is 4.08. The molecular formula is C20H20O4. The van der Waals surface area contributed by atoms with Gasteiger partial charge in [-0.1, -0.05) is 24.3 Å². The summed E-state index contributed by atoms with van der Waals surface area (Å²) >= 11 is 0. The van der Waals surface area contributed by atoms with Crippen LogP contribution >= 0.6 is 0 Å². The van der Waals surface area contributed by atoms with Crippen molar-refractivity contribution in [3.63, 3.8) is 0 Å². The van der Waals surface area contributed by atoms with Crippen molar-refractivity contribution in [2.24, 2.45) is 0 Å². The Morgan fingerprint density at radius 1 is 0.583 bits per heavy atom. The highest BCUT2D eigenvalue weighted by atomic mass is 16.5. The topological polar surface area (TPSA) is 36.9 Å². The van der Waals surface area contributed by atoms with Gasteiger partial charge in [-0.15, -0.1) is 0 Å². The summed E-state index contributed by atoms with van der Waals surface area (Å²) in [4.78, 5) is 0. The maximum atomic E-state index is 5.73. The smallest absolute Gasteiger partial charge is 0.134 e. The summed E-state index contributed by atoms with van der Waals surface area (Å²) in [7, 11) is 6.62. The molecule has 0 saturated carbocycles. The van der Waals surface area contributed by atoms with E-state index in [1.54, 1.807) is 28.4 Å². The number of benzene rings is 3. The molecule has 0 bridgehead atoms. The first kappa shape index (κ1) is 16.0. The van der Waals surface area contributed by atoms with Crippen LogP contribution in [0.2, 0.25) is 0 Å². The Kier molecular flexibility index (Phi) is 4.47. The van der Waals surface area contributed by atoms with Gasteiger partial charge in [0, 0.05) is 28.0 Å². The summed E-state index contributed by atoms with van der Waals surface area (Å²) < 4.78 is 22.1. The molecule has 0 fully saturated rings. The average molecular weight is 324 g/mol. The molecule has 0 aliphatic rings. The van der Waals surface area contributed by atoms with Crippen molar-refractivity contribution in [2.75, 3.05) is 28.4 Å². The van der Waals surface area contributed by atoms with E-state index in [-0.39, 0.29) is 0 Å². The summed E-state index contributed by atoms with van der Waals surface area (Å²) in [5, 5.41) is 2.00. The maximum absolute atomic E-state index is 5.73. The number of fused-ring (bicyclic) bond motifs is 1. The van der Waals surface area contributed by atoms with Gasteiger partial charge in [-0.25, -0.2) is 0 Å². The summed E-state index contributed by atoms with van der Waals surface area (Å²) in [6.07, 6.45) is 0. The standard InChI is InChI=1S/C20H20O4/c1-21-13-9-10-15(18(11-13)22-2)17-12-19(23-3)14-7-5-6-8-16(14)20(17)24-4/h5-12H,1-4H3. The monoisotopic (exact) mass is 324 g/mol. The molecule has 0 aliphatic carbocycles. The van der Waals surface area contributed by atoms with E-state index in [1.165, 1.54) is 0 Å². The third-order valence-corrected chi connectivity index (χ3v) is 4.08. The van der Waals surface area contributed by atoms with Gasteiger partial charge in [-0.2, -0.15) is 0 Å². The first-order valence-corrected chi connectivity index (χ1v) is 7.59. The molecule has 0 radical (unpaired) electrons. The fraction of sp³-hybridized carbons (Fsp3) is 0.200. The SMILES string of the molecule is COc1ccc(-c2cc(OC)c3ccccc3c2OC)c(OC)c1. The Morgan fingerprint density at radius 3 is 1.92 bits per heavy atom. The first-order chi connectivity index (χ1) is 11.7. The Morgan fingerprint density at radius 2 is 1.29 bits per heavy atom. The second-order valence-electron chi connectivity index (χ2n) is 5.27. The Bertz CT molecular complexity index is 871. The zero-order chi connectivity index (χ0) is 17.1. The van der Waals surface area contributed by atoms with E-state index >= 15 is 0 Å². The molecular weight excluding hydrogens is 304 g/mol. The minimum absolute atomic E-state index is 0.713.